The van der Waals surface area contributed by atoms with Crippen LogP contribution in [0, 0.1) is 0 Å². The van der Waals surface area contributed by atoms with E-state index in [2.05, 4.69) is 10.4 Å². The number of rotatable bonds is 4. The summed E-state index contributed by atoms with van der Waals surface area (Å²) < 4.78 is 70.0. The maximum Gasteiger partial charge on any atom is 0.410 e. The molecule has 3 aliphatic rings. The highest BCUT2D eigenvalue weighted by Gasteiger charge is 2.46. The van der Waals surface area contributed by atoms with Gasteiger partial charge in [-0.1, -0.05) is 6.92 Å². The smallest absolute Gasteiger partial charge is 0.367 e. The van der Waals surface area contributed by atoms with E-state index in [1.165, 1.54) is 8.61 Å². The zero-order valence-corrected chi connectivity index (χ0v) is 16.6. The van der Waals surface area contributed by atoms with E-state index in [4.69, 9.17) is 0 Å². The zero-order chi connectivity index (χ0) is 20.1. The van der Waals surface area contributed by atoms with Gasteiger partial charge in [-0.15, -0.1) is 0 Å². The summed E-state index contributed by atoms with van der Waals surface area (Å²) in [6, 6.07) is -0.232. The minimum absolute atomic E-state index is 0.0474. The number of aromatic nitrogens is 2. The summed E-state index contributed by atoms with van der Waals surface area (Å²) in [5.74, 6) is 0.183. The van der Waals surface area contributed by atoms with Crippen LogP contribution in [-0.2, 0) is 10.2 Å². The molecule has 0 spiro atoms. The van der Waals surface area contributed by atoms with E-state index in [1.54, 1.807) is 6.07 Å². The molecule has 3 aliphatic heterocycles. The first-order valence-corrected chi connectivity index (χ1v) is 11.3. The van der Waals surface area contributed by atoms with Crippen molar-refractivity contribution >= 4 is 16.0 Å². The van der Waals surface area contributed by atoms with Gasteiger partial charge in [0.1, 0.15) is 5.82 Å². The second-order valence-corrected chi connectivity index (χ2v) is 9.83. The molecular formula is C17H26F3N5O2S. The Kier molecular flexibility index (Phi) is 5.11. The molecule has 0 bridgehead atoms. The predicted molar refractivity (Wildman–Crippen MR) is 98.3 cm³/mol. The summed E-state index contributed by atoms with van der Waals surface area (Å²) >= 11 is 0. The van der Waals surface area contributed by atoms with Crippen molar-refractivity contribution in [1.82, 2.24) is 18.4 Å². The van der Waals surface area contributed by atoms with E-state index in [-0.39, 0.29) is 24.9 Å². The number of fused-ring (bicyclic) bond motifs is 1. The largest absolute Gasteiger partial charge is 0.410 e. The van der Waals surface area contributed by atoms with Crippen molar-refractivity contribution in [3.8, 4) is 0 Å². The van der Waals surface area contributed by atoms with Gasteiger partial charge in [0.25, 0.3) is 10.2 Å². The first-order valence-electron chi connectivity index (χ1n) is 9.88. The quantitative estimate of drug-likeness (QED) is 0.812. The lowest BCUT2D eigenvalue weighted by atomic mass is 10.0. The fourth-order valence-electron chi connectivity index (χ4n) is 4.40. The molecule has 0 amide bonds. The molecule has 4 rings (SSSR count). The first-order chi connectivity index (χ1) is 13.2. The molecule has 0 saturated carbocycles. The van der Waals surface area contributed by atoms with E-state index >= 15 is 0 Å². The summed E-state index contributed by atoms with van der Waals surface area (Å²) in [5, 5.41) is 7.40. The van der Waals surface area contributed by atoms with Crippen LogP contribution in [0.4, 0.5) is 19.0 Å². The standard InChI is InChI=1S/C17H26F3N5O2S/c1-2-13-9-15(17(18,19)20)25-16(21-13)10-14(22-25)12-5-8-24(11-12)28(26,27)23-6-3-4-7-23/h10,12-13,15,21H,2-9,11H2,1H3/t12-,13+,15+/m0/s1. The SMILES string of the molecule is CC[C@@H]1C[C@H](C(F)(F)F)n2nc([C@H]3CCN(S(=O)(=O)N4CCCC4)C3)cc2N1. The average molecular weight is 421 g/mol. The Morgan fingerprint density at radius 2 is 1.93 bits per heavy atom. The van der Waals surface area contributed by atoms with Crippen LogP contribution in [0.2, 0.25) is 0 Å². The van der Waals surface area contributed by atoms with Crippen molar-refractivity contribution in [3.63, 3.8) is 0 Å². The summed E-state index contributed by atoms with van der Waals surface area (Å²) in [7, 11) is -3.49. The van der Waals surface area contributed by atoms with Crippen LogP contribution >= 0.6 is 0 Å². The number of hydrogen-bond donors (Lipinski definition) is 1. The molecule has 0 radical (unpaired) electrons. The number of hydrogen-bond acceptors (Lipinski definition) is 4. The number of alkyl halides is 3. The van der Waals surface area contributed by atoms with E-state index in [9.17, 15) is 21.6 Å². The third kappa shape index (κ3) is 3.52. The highest BCUT2D eigenvalue weighted by atomic mass is 32.2. The molecule has 1 N–H and O–H groups in total. The molecule has 4 heterocycles. The van der Waals surface area contributed by atoms with Crippen LogP contribution in [0.25, 0.3) is 0 Å². The monoisotopic (exact) mass is 421 g/mol. The van der Waals surface area contributed by atoms with Crippen molar-refractivity contribution in [2.75, 3.05) is 31.5 Å². The molecule has 0 aliphatic carbocycles. The lowest BCUT2D eigenvalue weighted by Gasteiger charge is -2.32. The molecule has 1 aromatic rings. The van der Waals surface area contributed by atoms with Crippen LogP contribution in [-0.4, -0.2) is 65.2 Å². The van der Waals surface area contributed by atoms with Gasteiger partial charge in [0.2, 0.25) is 0 Å². The summed E-state index contributed by atoms with van der Waals surface area (Å²) in [6.45, 7) is 3.58. The first kappa shape index (κ1) is 20.0. The number of anilines is 1. The predicted octanol–water partition coefficient (Wildman–Crippen LogP) is 2.71. The van der Waals surface area contributed by atoms with Gasteiger partial charge >= 0.3 is 6.18 Å². The van der Waals surface area contributed by atoms with Gasteiger partial charge in [-0.2, -0.15) is 35.3 Å². The maximum absolute atomic E-state index is 13.5. The highest BCUT2D eigenvalue weighted by molar-refractivity contribution is 7.86. The second-order valence-electron chi connectivity index (χ2n) is 7.90. The number of nitrogens with zero attached hydrogens (tertiary/aromatic N) is 4. The Bertz CT molecular complexity index is 819. The van der Waals surface area contributed by atoms with Crippen LogP contribution in [0.15, 0.2) is 6.07 Å². The van der Waals surface area contributed by atoms with Crippen LogP contribution in [0.3, 0.4) is 0 Å². The number of nitrogens with one attached hydrogen (secondary N) is 1. The minimum Gasteiger partial charge on any atom is -0.367 e. The molecule has 2 saturated heterocycles. The van der Waals surface area contributed by atoms with Crippen molar-refractivity contribution in [2.24, 2.45) is 0 Å². The minimum atomic E-state index is -4.37. The Morgan fingerprint density at radius 1 is 1.21 bits per heavy atom. The lowest BCUT2D eigenvalue weighted by molar-refractivity contribution is -0.173. The van der Waals surface area contributed by atoms with Gasteiger partial charge < -0.3 is 5.32 Å². The number of halogens is 3. The molecule has 7 nitrogen and oxygen atoms in total. The van der Waals surface area contributed by atoms with Crippen molar-refractivity contribution < 1.29 is 21.6 Å². The molecule has 0 unspecified atom stereocenters. The fourth-order valence-corrected chi connectivity index (χ4v) is 6.15. The molecule has 1 aromatic heterocycles. The van der Waals surface area contributed by atoms with Gasteiger partial charge in [0.15, 0.2) is 6.04 Å². The molecule has 11 heteroatoms. The normalized spacial score (nSPS) is 29.8. The molecular weight excluding hydrogens is 395 g/mol. The fraction of sp³-hybridized carbons (Fsp3) is 0.824. The van der Waals surface area contributed by atoms with Crippen LogP contribution < -0.4 is 5.32 Å². The van der Waals surface area contributed by atoms with Crippen molar-refractivity contribution in [3.05, 3.63) is 11.8 Å². The van der Waals surface area contributed by atoms with Crippen molar-refractivity contribution in [2.45, 2.75) is 63.2 Å². The lowest BCUT2D eigenvalue weighted by Crippen LogP contribution is -2.41. The summed E-state index contributed by atoms with van der Waals surface area (Å²) in [5.41, 5.74) is 0.535. The Balaban J connectivity index is 1.54. The molecule has 3 atom stereocenters. The maximum atomic E-state index is 13.5. The molecule has 0 aromatic carbocycles. The average Bonchev–Trinajstić information content (AvgIpc) is 3.39. The third-order valence-corrected chi connectivity index (χ3v) is 8.07. The third-order valence-electron chi connectivity index (χ3n) is 6.07. The van der Waals surface area contributed by atoms with E-state index in [1.807, 2.05) is 6.92 Å². The molecule has 158 valence electrons. The van der Waals surface area contributed by atoms with E-state index in [0.29, 0.717) is 44.0 Å². The van der Waals surface area contributed by atoms with Gasteiger partial charge in [-0.05, 0) is 32.1 Å². The second kappa shape index (κ2) is 7.17. The van der Waals surface area contributed by atoms with E-state index < -0.39 is 22.4 Å². The Labute approximate surface area is 163 Å². The zero-order valence-electron chi connectivity index (χ0n) is 15.8. The summed E-state index contributed by atoms with van der Waals surface area (Å²) in [4.78, 5) is 0. The Morgan fingerprint density at radius 3 is 2.57 bits per heavy atom. The van der Waals surface area contributed by atoms with E-state index in [0.717, 1.165) is 17.5 Å². The molecule has 28 heavy (non-hydrogen) atoms. The topological polar surface area (TPSA) is 70.5 Å². The molecule has 2 fully saturated rings. The Hall–Kier alpha value is -1.33. The van der Waals surface area contributed by atoms with Gasteiger partial charge in [-0.3, -0.25) is 0 Å². The van der Waals surface area contributed by atoms with Gasteiger partial charge in [0, 0.05) is 44.2 Å². The van der Waals surface area contributed by atoms with Gasteiger partial charge in [0.05, 0.1) is 5.69 Å². The van der Waals surface area contributed by atoms with Crippen LogP contribution in [0.1, 0.15) is 56.7 Å². The highest BCUT2D eigenvalue weighted by Crippen LogP contribution is 2.41. The van der Waals surface area contributed by atoms with Gasteiger partial charge in [-0.25, -0.2) is 4.68 Å². The van der Waals surface area contributed by atoms with Crippen molar-refractivity contribution in [1.29, 1.82) is 0 Å². The summed E-state index contributed by atoms with van der Waals surface area (Å²) in [6.07, 6.45) is -1.51. The van der Waals surface area contributed by atoms with Crippen LogP contribution in [0.5, 0.6) is 0 Å².